The van der Waals surface area contributed by atoms with Gasteiger partial charge in [-0.05, 0) is 56.4 Å². The molecule has 104 valence electrons. The lowest BCUT2D eigenvalue weighted by Crippen LogP contribution is -2.39. The van der Waals surface area contributed by atoms with E-state index in [2.05, 4.69) is 5.32 Å². The number of sulfonamides is 1. The number of nitrogens with two attached hydrogens (primary N) is 1. The summed E-state index contributed by atoms with van der Waals surface area (Å²) in [6, 6.07) is 3.06. The topological polar surface area (TPSA) is 89.3 Å². The highest BCUT2D eigenvalue weighted by Crippen LogP contribution is 2.22. The first-order valence-corrected chi connectivity index (χ1v) is 7.78. The molecule has 0 saturated heterocycles. The summed E-state index contributed by atoms with van der Waals surface area (Å²) in [4.78, 5) is 12.1. The Morgan fingerprint density at radius 3 is 2.42 bits per heavy atom. The summed E-state index contributed by atoms with van der Waals surface area (Å²) >= 11 is 0. The highest BCUT2D eigenvalue weighted by molar-refractivity contribution is 7.89. The Morgan fingerprint density at radius 1 is 1.32 bits per heavy atom. The van der Waals surface area contributed by atoms with Crippen molar-refractivity contribution in [1.82, 2.24) is 5.32 Å². The van der Waals surface area contributed by atoms with E-state index in [4.69, 9.17) is 5.14 Å². The Balaban J connectivity index is 2.37. The second kappa shape index (κ2) is 4.94. The van der Waals surface area contributed by atoms with E-state index in [-0.39, 0.29) is 16.8 Å². The number of amides is 1. The first-order chi connectivity index (χ1) is 8.79. The van der Waals surface area contributed by atoms with Crippen molar-refractivity contribution >= 4 is 15.9 Å². The average molecular weight is 282 g/mol. The molecule has 0 spiro atoms. The Bertz CT molecular complexity index is 619. The summed E-state index contributed by atoms with van der Waals surface area (Å²) in [7, 11) is -3.80. The number of carbonyl (C=O) groups excluding carboxylic acids is 1. The zero-order valence-electron chi connectivity index (χ0n) is 11.1. The van der Waals surface area contributed by atoms with Crippen molar-refractivity contribution in [2.24, 2.45) is 5.14 Å². The molecular formula is C13H18N2O3S. The van der Waals surface area contributed by atoms with E-state index in [1.54, 1.807) is 13.8 Å². The van der Waals surface area contributed by atoms with Gasteiger partial charge in [0.1, 0.15) is 0 Å². The van der Waals surface area contributed by atoms with Crippen LogP contribution in [0.15, 0.2) is 17.0 Å². The van der Waals surface area contributed by atoms with Gasteiger partial charge in [-0.25, -0.2) is 13.6 Å². The largest absolute Gasteiger partial charge is 0.349 e. The quantitative estimate of drug-likeness (QED) is 0.874. The minimum atomic E-state index is -3.80. The zero-order chi connectivity index (χ0) is 14.2. The average Bonchev–Trinajstić information content (AvgIpc) is 2.25. The summed E-state index contributed by atoms with van der Waals surface area (Å²) < 4.78 is 22.8. The fraction of sp³-hybridized carbons (Fsp3) is 0.462. The van der Waals surface area contributed by atoms with E-state index < -0.39 is 10.0 Å². The van der Waals surface area contributed by atoms with Crippen molar-refractivity contribution in [3.63, 3.8) is 0 Å². The fourth-order valence-corrected chi connectivity index (χ4v) is 2.67. The Hall–Kier alpha value is -1.40. The lowest BCUT2D eigenvalue weighted by atomic mass is 9.92. The minimum Gasteiger partial charge on any atom is -0.349 e. The number of carbonyl (C=O) groups is 1. The van der Waals surface area contributed by atoms with Crippen LogP contribution in [0.4, 0.5) is 0 Å². The van der Waals surface area contributed by atoms with Crippen LogP contribution in [0, 0.1) is 13.8 Å². The predicted octanol–water partition coefficient (Wildman–Crippen LogP) is 1.23. The van der Waals surface area contributed by atoms with Gasteiger partial charge in [0.15, 0.2) is 0 Å². The second-order valence-corrected chi connectivity index (χ2v) is 6.62. The van der Waals surface area contributed by atoms with Crippen molar-refractivity contribution in [1.29, 1.82) is 0 Å². The Kier molecular flexibility index (Phi) is 3.64. The number of hydrogen-bond acceptors (Lipinski definition) is 3. The molecule has 0 heterocycles. The smallest absolute Gasteiger partial charge is 0.251 e. The number of nitrogens with one attached hydrogen (secondary N) is 1. The Labute approximate surface area is 113 Å². The van der Waals surface area contributed by atoms with Gasteiger partial charge in [-0.15, -0.1) is 0 Å². The summed E-state index contributed by atoms with van der Waals surface area (Å²) in [5.41, 5.74) is 1.91. The summed E-state index contributed by atoms with van der Waals surface area (Å²) in [6.07, 6.45) is 3.09. The standard InChI is InChI=1S/C13H18N2O3S/c1-8-6-11(19(14,17)18)7-12(9(8)2)13(16)15-10-4-3-5-10/h6-7,10H,3-5H2,1-2H3,(H,15,16)(H2,14,17,18). The molecule has 5 nitrogen and oxygen atoms in total. The number of rotatable bonds is 3. The molecular weight excluding hydrogens is 264 g/mol. The van der Waals surface area contributed by atoms with E-state index in [0.29, 0.717) is 5.56 Å². The minimum absolute atomic E-state index is 0.0191. The number of hydrogen-bond donors (Lipinski definition) is 2. The molecule has 1 amide bonds. The summed E-state index contributed by atoms with van der Waals surface area (Å²) in [6.45, 7) is 3.57. The molecule has 1 aromatic carbocycles. The van der Waals surface area contributed by atoms with E-state index in [9.17, 15) is 13.2 Å². The van der Waals surface area contributed by atoms with E-state index in [1.807, 2.05) is 0 Å². The van der Waals surface area contributed by atoms with Gasteiger partial charge in [-0.3, -0.25) is 4.79 Å². The van der Waals surface area contributed by atoms with Gasteiger partial charge in [-0.1, -0.05) is 0 Å². The SMILES string of the molecule is Cc1cc(S(N)(=O)=O)cc(C(=O)NC2CCC2)c1C. The molecule has 0 atom stereocenters. The van der Waals surface area contributed by atoms with Crippen LogP contribution in [0.2, 0.25) is 0 Å². The Morgan fingerprint density at radius 2 is 1.95 bits per heavy atom. The van der Waals surface area contributed by atoms with Crippen molar-refractivity contribution in [3.8, 4) is 0 Å². The van der Waals surface area contributed by atoms with Gasteiger partial charge < -0.3 is 5.32 Å². The molecule has 1 fully saturated rings. The summed E-state index contributed by atoms with van der Waals surface area (Å²) in [5, 5.41) is 8.03. The van der Waals surface area contributed by atoms with Crippen LogP contribution >= 0.6 is 0 Å². The first-order valence-electron chi connectivity index (χ1n) is 6.24. The zero-order valence-corrected chi connectivity index (χ0v) is 11.9. The molecule has 0 bridgehead atoms. The predicted molar refractivity (Wildman–Crippen MR) is 72.4 cm³/mol. The van der Waals surface area contributed by atoms with Gasteiger partial charge >= 0.3 is 0 Å². The van der Waals surface area contributed by atoms with E-state index in [0.717, 1.165) is 30.4 Å². The lowest BCUT2D eigenvalue weighted by Gasteiger charge is -2.26. The molecule has 0 aliphatic heterocycles. The number of primary sulfonamides is 1. The molecule has 0 radical (unpaired) electrons. The van der Waals surface area contributed by atoms with Gasteiger partial charge in [0.05, 0.1) is 4.90 Å². The van der Waals surface area contributed by atoms with Crippen molar-refractivity contribution in [2.75, 3.05) is 0 Å². The molecule has 1 aliphatic carbocycles. The van der Waals surface area contributed by atoms with Crippen LogP contribution in [0.5, 0.6) is 0 Å². The van der Waals surface area contributed by atoms with Crippen LogP contribution in [0.1, 0.15) is 40.7 Å². The summed E-state index contributed by atoms with van der Waals surface area (Å²) in [5.74, 6) is -0.226. The van der Waals surface area contributed by atoms with Crippen molar-refractivity contribution in [2.45, 2.75) is 44.0 Å². The highest BCUT2D eigenvalue weighted by Gasteiger charge is 2.22. The van der Waals surface area contributed by atoms with Crippen LogP contribution in [-0.2, 0) is 10.0 Å². The molecule has 0 aromatic heterocycles. The number of aryl methyl sites for hydroxylation is 1. The van der Waals surface area contributed by atoms with Crippen LogP contribution in [0.3, 0.4) is 0 Å². The van der Waals surface area contributed by atoms with Gasteiger partial charge in [0, 0.05) is 11.6 Å². The third kappa shape index (κ3) is 2.96. The first kappa shape index (κ1) is 14.0. The van der Waals surface area contributed by atoms with Crippen molar-refractivity contribution in [3.05, 3.63) is 28.8 Å². The molecule has 1 aliphatic rings. The maximum Gasteiger partial charge on any atom is 0.251 e. The van der Waals surface area contributed by atoms with Gasteiger partial charge in [0.25, 0.3) is 5.91 Å². The van der Waals surface area contributed by atoms with Crippen LogP contribution in [0.25, 0.3) is 0 Å². The number of benzene rings is 1. The molecule has 2 rings (SSSR count). The highest BCUT2D eigenvalue weighted by atomic mass is 32.2. The monoisotopic (exact) mass is 282 g/mol. The maximum atomic E-state index is 12.2. The molecule has 0 unspecified atom stereocenters. The van der Waals surface area contributed by atoms with E-state index >= 15 is 0 Å². The lowest BCUT2D eigenvalue weighted by molar-refractivity contribution is 0.0916. The normalized spacial score (nSPS) is 15.9. The van der Waals surface area contributed by atoms with Gasteiger partial charge in [-0.2, -0.15) is 0 Å². The van der Waals surface area contributed by atoms with Crippen LogP contribution < -0.4 is 10.5 Å². The third-order valence-electron chi connectivity index (χ3n) is 3.65. The third-order valence-corrected chi connectivity index (χ3v) is 4.55. The van der Waals surface area contributed by atoms with Gasteiger partial charge in [0.2, 0.25) is 10.0 Å². The molecule has 1 saturated carbocycles. The molecule has 3 N–H and O–H groups in total. The fourth-order valence-electron chi connectivity index (χ4n) is 2.04. The van der Waals surface area contributed by atoms with Crippen LogP contribution in [-0.4, -0.2) is 20.4 Å². The molecule has 1 aromatic rings. The van der Waals surface area contributed by atoms with E-state index in [1.165, 1.54) is 12.1 Å². The maximum absolute atomic E-state index is 12.2. The second-order valence-electron chi connectivity index (χ2n) is 5.06. The van der Waals surface area contributed by atoms with Crippen molar-refractivity contribution < 1.29 is 13.2 Å². The molecule has 6 heteroatoms. The molecule has 19 heavy (non-hydrogen) atoms.